The zero-order valence-electron chi connectivity index (χ0n) is 18.1. The normalized spacial score (nSPS) is 14.9. The van der Waals surface area contributed by atoms with E-state index in [1.807, 2.05) is 67.6 Å². The fourth-order valence-electron chi connectivity index (χ4n) is 3.90. The second-order valence-electron chi connectivity index (χ2n) is 7.71. The van der Waals surface area contributed by atoms with Crippen molar-refractivity contribution in [3.63, 3.8) is 0 Å². The van der Waals surface area contributed by atoms with Gasteiger partial charge in [0.05, 0.1) is 24.8 Å². The summed E-state index contributed by atoms with van der Waals surface area (Å²) in [6.45, 7) is 4.06. The Bertz CT molecular complexity index is 1060. The van der Waals surface area contributed by atoms with Gasteiger partial charge in [0, 0.05) is 23.7 Å². The van der Waals surface area contributed by atoms with Gasteiger partial charge in [-0.25, -0.2) is 0 Å². The molecule has 4 rings (SSSR count). The molecule has 6 heteroatoms. The third kappa shape index (κ3) is 5.35. The number of fused-ring (bicyclic) bond motifs is 1. The molecule has 0 spiro atoms. The highest BCUT2D eigenvalue weighted by Gasteiger charge is 2.29. The van der Waals surface area contributed by atoms with Gasteiger partial charge < -0.3 is 19.7 Å². The van der Waals surface area contributed by atoms with Crippen molar-refractivity contribution in [2.75, 3.05) is 18.1 Å². The molecular weight excluding hydrogens is 424 g/mol. The zero-order chi connectivity index (χ0) is 22.3. The van der Waals surface area contributed by atoms with Crippen LogP contribution in [0.25, 0.3) is 0 Å². The highest BCUT2D eigenvalue weighted by atomic mass is 35.5. The second-order valence-corrected chi connectivity index (χ2v) is 8.15. The number of benzene rings is 3. The molecule has 1 aliphatic heterocycles. The quantitative estimate of drug-likeness (QED) is 0.511. The molecule has 5 nitrogen and oxygen atoms in total. The lowest BCUT2D eigenvalue weighted by Crippen LogP contribution is -2.45. The van der Waals surface area contributed by atoms with Crippen LogP contribution in [0.4, 0.5) is 5.69 Å². The van der Waals surface area contributed by atoms with Crippen molar-refractivity contribution in [3.05, 3.63) is 88.9 Å². The number of para-hydroxylation sites is 1. The SMILES string of the molecule is CCOc1ccccc1CNC(=O)C[C@@H]1COc2ccc(Cl)cc2N1Cc1ccccc1. The predicted molar refractivity (Wildman–Crippen MR) is 127 cm³/mol. The molecule has 1 N–H and O–H groups in total. The molecule has 0 radical (unpaired) electrons. The number of nitrogens with zero attached hydrogens (tertiary/aromatic N) is 1. The van der Waals surface area contributed by atoms with E-state index in [1.54, 1.807) is 0 Å². The molecule has 1 aliphatic rings. The lowest BCUT2D eigenvalue weighted by molar-refractivity contribution is -0.121. The third-order valence-electron chi connectivity index (χ3n) is 5.47. The summed E-state index contributed by atoms with van der Waals surface area (Å²) in [6.07, 6.45) is 0.315. The van der Waals surface area contributed by atoms with E-state index in [4.69, 9.17) is 21.1 Å². The fraction of sp³-hybridized carbons (Fsp3) is 0.269. The molecular formula is C26H27ClN2O3. The van der Waals surface area contributed by atoms with Gasteiger partial charge in [-0.15, -0.1) is 0 Å². The number of amides is 1. The largest absolute Gasteiger partial charge is 0.494 e. The van der Waals surface area contributed by atoms with Crippen molar-refractivity contribution in [3.8, 4) is 11.5 Å². The van der Waals surface area contributed by atoms with E-state index in [0.29, 0.717) is 37.7 Å². The van der Waals surface area contributed by atoms with Crippen LogP contribution in [0, 0.1) is 0 Å². The van der Waals surface area contributed by atoms with Gasteiger partial charge in [0.1, 0.15) is 18.1 Å². The van der Waals surface area contributed by atoms with E-state index < -0.39 is 0 Å². The van der Waals surface area contributed by atoms with Crippen LogP contribution in [0.2, 0.25) is 5.02 Å². The first kappa shape index (κ1) is 22.0. The molecule has 0 unspecified atom stereocenters. The van der Waals surface area contributed by atoms with E-state index >= 15 is 0 Å². The van der Waals surface area contributed by atoms with Crippen LogP contribution < -0.4 is 19.7 Å². The van der Waals surface area contributed by atoms with Crippen LogP contribution in [0.5, 0.6) is 11.5 Å². The second kappa shape index (κ2) is 10.4. The summed E-state index contributed by atoms with van der Waals surface area (Å²) >= 11 is 6.28. The zero-order valence-corrected chi connectivity index (χ0v) is 18.8. The van der Waals surface area contributed by atoms with Crippen LogP contribution in [0.15, 0.2) is 72.8 Å². The van der Waals surface area contributed by atoms with E-state index in [-0.39, 0.29) is 11.9 Å². The summed E-state index contributed by atoms with van der Waals surface area (Å²) in [6, 6.07) is 23.5. The minimum atomic E-state index is -0.108. The van der Waals surface area contributed by atoms with Gasteiger partial charge in [0.25, 0.3) is 0 Å². The number of hydrogen-bond donors (Lipinski definition) is 1. The smallest absolute Gasteiger partial charge is 0.222 e. The molecule has 0 aromatic heterocycles. The predicted octanol–water partition coefficient (Wildman–Crippen LogP) is 5.21. The lowest BCUT2D eigenvalue weighted by atomic mass is 10.1. The first-order chi connectivity index (χ1) is 15.6. The van der Waals surface area contributed by atoms with Crippen LogP contribution in [0.1, 0.15) is 24.5 Å². The van der Waals surface area contributed by atoms with E-state index in [1.165, 1.54) is 0 Å². The summed E-state index contributed by atoms with van der Waals surface area (Å²) < 4.78 is 11.6. The number of rotatable bonds is 8. The van der Waals surface area contributed by atoms with E-state index in [0.717, 1.165) is 28.3 Å². The summed E-state index contributed by atoms with van der Waals surface area (Å²) in [4.78, 5) is 15.1. The van der Waals surface area contributed by atoms with Crippen molar-refractivity contribution in [1.29, 1.82) is 0 Å². The third-order valence-corrected chi connectivity index (χ3v) is 5.70. The van der Waals surface area contributed by atoms with Gasteiger partial charge in [-0.2, -0.15) is 0 Å². The molecule has 0 saturated carbocycles. The number of ether oxygens (including phenoxy) is 2. The molecule has 3 aromatic rings. The molecule has 32 heavy (non-hydrogen) atoms. The highest BCUT2D eigenvalue weighted by molar-refractivity contribution is 6.31. The Morgan fingerprint density at radius 3 is 2.72 bits per heavy atom. The molecule has 0 bridgehead atoms. The Balaban J connectivity index is 1.48. The Kier molecular flexibility index (Phi) is 7.17. The molecule has 0 saturated heterocycles. The molecule has 0 fully saturated rings. The summed E-state index contributed by atoms with van der Waals surface area (Å²) in [7, 11) is 0. The molecule has 166 valence electrons. The maximum Gasteiger partial charge on any atom is 0.222 e. The minimum Gasteiger partial charge on any atom is -0.494 e. The minimum absolute atomic E-state index is 0.0339. The first-order valence-corrected chi connectivity index (χ1v) is 11.2. The fourth-order valence-corrected chi connectivity index (χ4v) is 4.07. The standard InChI is InChI=1S/C26H27ClN2O3/c1-2-31-24-11-7-6-10-20(24)16-28-26(30)15-22-18-32-25-13-12-21(27)14-23(25)29(22)17-19-8-4-3-5-9-19/h3-14,22H,2,15-18H2,1H3,(H,28,30)/t22-/m1/s1. The van der Waals surface area contributed by atoms with Crippen molar-refractivity contribution in [1.82, 2.24) is 5.32 Å². The summed E-state index contributed by atoms with van der Waals surface area (Å²) in [5.41, 5.74) is 3.03. The Morgan fingerprint density at radius 2 is 1.91 bits per heavy atom. The number of carbonyl (C=O) groups is 1. The van der Waals surface area contributed by atoms with Crippen molar-refractivity contribution in [2.45, 2.75) is 32.5 Å². The Labute approximate surface area is 193 Å². The maximum absolute atomic E-state index is 12.9. The number of halogens is 1. The first-order valence-electron chi connectivity index (χ1n) is 10.8. The van der Waals surface area contributed by atoms with Gasteiger partial charge >= 0.3 is 0 Å². The molecule has 1 atom stereocenters. The van der Waals surface area contributed by atoms with Gasteiger partial charge in [0.2, 0.25) is 5.91 Å². The van der Waals surface area contributed by atoms with Crippen molar-refractivity contribution >= 4 is 23.2 Å². The Morgan fingerprint density at radius 1 is 1.12 bits per heavy atom. The molecule has 0 aliphatic carbocycles. The Hall–Kier alpha value is -3.18. The maximum atomic E-state index is 12.9. The van der Waals surface area contributed by atoms with Gasteiger partial charge in [-0.1, -0.05) is 60.1 Å². The van der Waals surface area contributed by atoms with Gasteiger partial charge in [-0.3, -0.25) is 4.79 Å². The van der Waals surface area contributed by atoms with Crippen LogP contribution in [-0.4, -0.2) is 25.2 Å². The number of anilines is 1. The molecule has 1 amide bonds. The van der Waals surface area contributed by atoms with Crippen LogP contribution >= 0.6 is 11.6 Å². The average Bonchev–Trinajstić information content (AvgIpc) is 2.81. The summed E-state index contributed by atoms with van der Waals surface area (Å²) in [5, 5.41) is 3.68. The van der Waals surface area contributed by atoms with Crippen LogP contribution in [0.3, 0.4) is 0 Å². The number of carbonyl (C=O) groups excluding carboxylic acids is 1. The van der Waals surface area contributed by atoms with Crippen molar-refractivity contribution < 1.29 is 14.3 Å². The monoisotopic (exact) mass is 450 g/mol. The number of hydrogen-bond acceptors (Lipinski definition) is 4. The number of nitrogens with one attached hydrogen (secondary N) is 1. The van der Waals surface area contributed by atoms with E-state index in [9.17, 15) is 4.79 Å². The summed E-state index contributed by atoms with van der Waals surface area (Å²) in [5.74, 6) is 1.55. The average molecular weight is 451 g/mol. The van der Waals surface area contributed by atoms with Gasteiger partial charge in [-0.05, 0) is 36.8 Å². The van der Waals surface area contributed by atoms with Crippen LogP contribution in [-0.2, 0) is 17.9 Å². The molecule has 1 heterocycles. The lowest BCUT2D eigenvalue weighted by Gasteiger charge is -2.38. The van der Waals surface area contributed by atoms with Crippen molar-refractivity contribution in [2.24, 2.45) is 0 Å². The topological polar surface area (TPSA) is 50.8 Å². The van der Waals surface area contributed by atoms with E-state index in [2.05, 4.69) is 22.3 Å². The molecule has 3 aromatic carbocycles. The highest BCUT2D eigenvalue weighted by Crippen LogP contribution is 2.37. The van der Waals surface area contributed by atoms with Gasteiger partial charge in [0.15, 0.2) is 0 Å².